The van der Waals surface area contributed by atoms with Crippen LogP contribution in [0.2, 0.25) is 5.02 Å². The van der Waals surface area contributed by atoms with Gasteiger partial charge in [-0.25, -0.2) is 9.97 Å². The highest BCUT2D eigenvalue weighted by atomic mass is 35.5. The molecule has 0 aliphatic carbocycles. The van der Waals surface area contributed by atoms with E-state index in [2.05, 4.69) is 27.1 Å². The summed E-state index contributed by atoms with van der Waals surface area (Å²) in [5.74, 6) is 1.49. The molecule has 0 bridgehead atoms. The molecule has 19 heavy (non-hydrogen) atoms. The number of nitrogens with zero attached hydrogens (tertiary/aromatic N) is 3. The van der Waals surface area contributed by atoms with Gasteiger partial charge in [-0.15, -0.1) is 0 Å². The molecule has 0 radical (unpaired) electrons. The Morgan fingerprint density at radius 2 is 2.11 bits per heavy atom. The molecule has 1 aliphatic rings. The second-order valence-electron chi connectivity index (χ2n) is 5.27. The summed E-state index contributed by atoms with van der Waals surface area (Å²) in [5, 5.41) is 3.66. The molecule has 0 aromatic carbocycles. The Labute approximate surface area is 119 Å². The van der Waals surface area contributed by atoms with Gasteiger partial charge >= 0.3 is 0 Å². The molecule has 2 heterocycles. The van der Waals surface area contributed by atoms with Crippen LogP contribution in [0.15, 0.2) is 6.33 Å². The van der Waals surface area contributed by atoms with Crippen LogP contribution in [0, 0.1) is 5.92 Å². The van der Waals surface area contributed by atoms with Gasteiger partial charge in [-0.1, -0.05) is 24.9 Å². The number of anilines is 2. The average molecular weight is 284 g/mol. The van der Waals surface area contributed by atoms with Gasteiger partial charge in [0.25, 0.3) is 0 Å². The van der Waals surface area contributed by atoms with E-state index in [-0.39, 0.29) is 0 Å². The summed E-state index contributed by atoms with van der Waals surface area (Å²) < 4.78 is 0. The van der Waals surface area contributed by atoms with Crippen molar-refractivity contribution in [2.45, 2.75) is 26.2 Å². The van der Waals surface area contributed by atoms with Crippen molar-refractivity contribution in [2.24, 2.45) is 5.92 Å². The topological polar surface area (TPSA) is 67.1 Å². The van der Waals surface area contributed by atoms with Gasteiger partial charge < -0.3 is 16.0 Å². The predicted molar refractivity (Wildman–Crippen MR) is 79.4 cm³/mol. The summed E-state index contributed by atoms with van der Waals surface area (Å²) in [4.78, 5) is 10.5. The molecule has 1 unspecified atom stereocenters. The van der Waals surface area contributed by atoms with Crippen LogP contribution in [-0.2, 0) is 0 Å². The van der Waals surface area contributed by atoms with E-state index in [1.165, 1.54) is 38.7 Å². The monoisotopic (exact) mass is 283 g/mol. The summed E-state index contributed by atoms with van der Waals surface area (Å²) >= 11 is 6.05. The van der Waals surface area contributed by atoms with E-state index in [1.54, 1.807) is 0 Å². The highest BCUT2D eigenvalue weighted by Crippen LogP contribution is 2.23. The van der Waals surface area contributed by atoms with Gasteiger partial charge in [-0.3, -0.25) is 0 Å². The third-order valence-corrected chi connectivity index (χ3v) is 3.83. The van der Waals surface area contributed by atoms with Crippen molar-refractivity contribution in [1.82, 2.24) is 14.9 Å². The van der Waals surface area contributed by atoms with Crippen LogP contribution in [0.5, 0.6) is 0 Å². The Bertz CT molecular complexity index is 406. The van der Waals surface area contributed by atoms with E-state index in [4.69, 9.17) is 17.3 Å². The van der Waals surface area contributed by atoms with Crippen LogP contribution in [0.25, 0.3) is 0 Å². The number of hydrogen-bond donors (Lipinski definition) is 2. The fourth-order valence-corrected chi connectivity index (χ4v) is 2.59. The van der Waals surface area contributed by atoms with Crippen LogP contribution < -0.4 is 11.1 Å². The van der Waals surface area contributed by atoms with E-state index in [0.29, 0.717) is 22.6 Å². The molecule has 0 amide bonds. The quantitative estimate of drug-likeness (QED) is 0.867. The first-order valence-electron chi connectivity index (χ1n) is 6.89. The minimum Gasteiger partial charge on any atom is -0.382 e. The molecular weight excluding hydrogens is 262 g/mol. The van der Waals surface area contributed by atoms with Crippen LogP contribution in [-0.4, -0.2) is 41.0 Å². The van der Waals surface area contributed by atoms with Gasteiger partial charge in [0.1, 0.15) is 23.0 Å². The molecule has 5 nitrogen and oxygen atoms in total. The summed E-state index contributed by atoms with van der Waals surface area (Å²) in [6, 6.07) is 0. The molecule has 1 aromatic heterocycles. The standard InChI is InChI=1S/C13H22ClN5/c1-10(8-19-5-3-2-4-6-19)7-16-13-11(14)12(15)17-9-18-13/h9-10H,2-8H2,1H3,(H3,15,16,17,18). The molecule has 6 heteroatoms. The van der Waals surface area contributed by atoms with Crippen molar-refractivity contribution in [3.8, 4) is 0 Å². The summed E-state index contributed by atoms with van der Waals surface area (Å²) in [6.07, 6.45) is 5.46. The van der Waals surface area contributed by atoms with Crippen LogP contribution in [0.3, 0.4) is 0 Å². The number of nitrogen functional groups attached to an aromatic ring is 1. The number of halogens is 1. The molecule has 1 atom stereocenters. The average Bonchev–Trinajstić information content (AvgIpc) is 2.42. The normalized spacial score (nSPS) is 18.2. The lowest BCUT2D eigenvalue weighted by molar-refractivity contribution is 0.204. The molecular formula is C13H22ClN5. The Balaban J connectivity index is 1.79. The number of hydrogen-bond acceptors (Lipinski definition) is 5. The number of aromatic nitrogens is 2. The van der Waals surface area contributed by atoms with Crippen LogP contribution in [0.4, 0.5) is 11.6 Å². The minimum atomic E-state index is 0.322. The van der Waals surface area contributed by atoms with Crippen LogP contribution in [0.1, 0.15) is 26.2 Å². The van der Waals surface area contributed by atoms with Crippen molar-refractivity contribution in [1.29, 1.82) is 0 Å². The first-order chi connectivity index (χ1) is 9.16. The highest BCUT2D eigenvalue weighted by Gasteiger charge is 2.14. The maximum Gasteiger partial charge on any atom is 0.150 e. The molecule has 1 saturated heterocycles. The molecule has 2 rings (SSSR count). The maximum atomic E-state index is 6.05. The van der Waals surface area contributed by atoms with E-state index in [1.807, 2.05) is 0 Å². The minimum absolute atomic E-state index is 0.322. The SMILES string of the molecule is CC(CNc1ncnc(N)c1Cl)CN1CCCCC1. The Hall–Kier alpha value is -1.07. The number of nitrogens with one attached hydrogen (secondary N) is 1. The Morgan fingerprint density at radius 1 is 1.37 bits per heavy atom. The maximum absolute atomic E-state index is 6.05. The molecule has 0 saturated carbocycles. The lowest BCUT2D eigenvalue weighted by Crippen LogP contribution is -2.35. The third-order valence-electron chi connectivity index (χ3n) is 3.45. The Morgan fingerprint density at radius 3 is 2.84 bits per heavy atom. The van der Waals surface area contributed by atoms with E-state index >= 15 is 0 Å². The second-order valence-corrected chi connectivity index (χ2v) is 5.65. The van der Waals surface area contributed by atoms with Crippen molar-refractivity contribution < 1.29 is 0 Å². The van der Waals surface area contributed by atoms with E-state index in [0.717, 1.165) is 13.1 Å². The molecule has 1 aromatic rings. The lowest BCUT2D eigenvalue weighted by atomic mass is 10.1. The lowest BCUT2D eigenvalue weighted by Gasteiger charge is -2.29. The molecule has 1 fully saturated rings. The Kier molecular flexibility index (Phi) is 5.22. The summed E-state index contributed by atoms with van der Waals surface area (Å²) in [5.41, 5.74) is 5.65. The molecule has 3 N–H and O–H groups in total. The first kappa shape index (κ1) is 14.3. The van der Waals surface area contributed by atoms with Crippen molar-refractivity contribution in [2.75, 3.05) is 37.2 Å². The number of nitrogens with two attached hydrogens (primary N) is 1. The molecule has 106 valence electrons. The zero-order valence-electron chi connectivity index (χ0n) is 11.4. The number of rotatable bonds is 5. The van der Waals surface area contributed by atoms with E-state index < -0.39 is 0 Å². The van der Waals surface area contributed by atoms with Gasteiger partial charge in [0.15, 0.2) is 0 Å². The van der Waals surface area contributed by atoms with Gasteiger partial charge in [-0.05, 0) is 31.8 Å². The largest absolute Gasteiger partial charge is 0.382 e. The fraction of sp³-hybridized carbons (Fsp3) is 0.692. The molecule has 0 spiro atoms. The summed E-state index contributed by atoms with van der Waals surface area (Å²) in [6.45, 7) is 6.65. The van der Waals surface area contributed by atoms with Crippen molar-refractivity contribution >= 4 is 23.2 Å². The molecule has 1 aliphatic heterocycles. The predicted octanol–water partition coefficient (Wildman–Crippen LogP) is 2.25. The highest BCUT2D eigenvalue weighted by molar-refractivity contribution is 6.35. The van der Waals surface area contributed by atoms with Gasteiger partial charge in [0.05, 0.1) is 0 Å². The van der Waals surface area contributed by atoms with Gasteiger partial charge in [0, 0.05) is 13.1 Å². The number of piperidine rings is 1. The smallest absolute Gasteiger partial charge is 0.150 e. The third kappa shape index (κ3) is 4.21. The zero-order valence-corrected chi connectivity index (χ0v) is 12.2. The van der Waals surface area contributed by atoms with Crippen LogP contribution >= 0.6 is 11.6 Å². The van der Waals surface area contributed by atoms with Gasteiger partial charge in [-0.2, -0.15) is 0 Å². The van der Waals surface area contributed by atoms with E-state index in [9.17, 15) is 0 Å². The zero-order chi connectivity index (χ0) is 13.7. The van der Waals surface area contributed by atoms with Crippen molar-refractivity contribution in [3.63, 3.8) is 0 Å². The van der Waals surface area contributed by atoms with Crippen molar-refractivity contribution in [3.05, 3.63) is 11.3 Å². The second kappa shape index (κ2) is 6.91. The summed E-state index contributed by atoms with van der Waals surface area (Å²) in [7, 11) is 0. The fourth-order valence-electron chi connectivity index (χ4n) is 2.42. The first-order valence-corrected chi connectivity index (χ1v) is 7.27. The number of likely N-dealkylation sites (tertiary alicyclic amines) is 1. The van der Waals surface area contributed by atoms with Gasteiger partial charge in [0.2, 0.25) is 0 Å².